The molecule has 0 radical (unpaired) electrons. The second-order valence-electron chi connectivity index (χ2n) is 6.98. The van der Waals surface area contributed by atoms with Gasteiger partial charge in [0.25, 0.3) is 0 Å². The number of nitrogens with zero attached hydrogens (tertiary/aromatic N) is 1. The lowest BCUT2D eigenvalue weighted by atomic mass is 10.1. The molecule has 0 spiro atoms. The summed E-state index contributed by atoms with van der Waals surface area (Å²) in [6.07, 6.45) is 5.26. The number of benzene rings is 1. The first-order valence-corrected chi connectivity index (χ1v) is 9.43. The van der Waals surface area contributed by atoms with Crippen molar-refractivity contribution in [1.82, 2.24) is 10.2 Å². The second-order valence-corrected chi connectivity index (χ2v) is 6.98. The summed E-state index contributed by atoms with van der Waals surface area (Å²) >= 11 is 0. The van der Waals surface area contributed by atoms with Gasteiger partial charge in [0.2, 0.25) is 0 Å². The fraction of sp³-hybridized carbons (Fsp3) is 0.524. The highest BCUT2D eigenvalue weighted by Crippen LogP contribution is 2.28. The Hall–Kier alpha value is -1.98. The van der Waals surface area contributed by atoms with E-state index in [1.165, 1.54) is 18.4 Å². The average molecular weight is 358 g/mol. The zero-order valence-electron chi connectivity index (χ0n) is 16.0. The molecule has 5 heteroatoms. The minimum Gasteiger partial charge on any atom is -0.493 e. The van der Waals surface area contributed by atoms with E-state index in [-0.39, 0.29) is 0 Å². The molecular formula is C21H30N2O3. The fourth-order valence-corrected chi connectivity index (χ4v) is 3.69. The molecule has 5 nitrogen and oxygen atoms in total. The van der Waals surface area contributed by atoms with Crippen LogP contribution in [0.4, 0.5) is 0 Å². The Bertz CT molecular complexity index is 666. The Kier molecular flexibility index (Phi) is 6.58. The molecule has 0 aliphatic carbocycles. The fourth-order valence-electron chi connectivity index (χ4n) is 3.69. The molecule has 142 valence electrons. The monoisotopic (exact) mass is 358 g/mol. The van der Waals surface area contributed by atoms with Crippen molar-refractivity contribution in [3.8, 4) is 11.5 Å². The van der Waals surface area contributed by atoms with Gasteiger partial charge < -0.3 is 19.2 Å². The van der Waals surface area contributed by atoms with Gasteiger partial charge in [-0.15, -0.1) is 0 Å². The lowest BCUT2D eigenvalue weighted by molar-refractivity contribution is 0.205. The maximum atomic E-state index is 5.70. The van der Waals surface area contributed by atoms with Crippen LogP contribution in [0.2, 0.25) is 0 Å². The van der Waals surface area contributed by atoms with Crippen molar-refractivity contribution in [2.24, 2.45) is 0 Å². The van der Waals surface area contributed by atoms with Crippen molar-refractivity contribution in [1.29, 1.82) is 0 Å². The van der Waals surface area contributed by atoms with E-state index in [4.69, 9.17) is 13.9 Å². The number of rotatable bonds is 9. The van der Waals surface area contributed by atoms with Gasteiger partial charge in [-0.05, 0) is 69.1 Å². The first-order chi connectivity index (χ1) is 12.7. The molecule has 0 saturated carbocycles. The van der Waals surface area contributed by atoms with E-state index in [1.54, 1.807) is 20.5 Å². The average Bonchev–Trinajstić information content (AvgIpc) is 3.36. The summed E-state index contributed by atoms with van der Waals surface area (Å²) in [6.45, 7) is 5.41. The van der Waals surface area contributed by atoms with E-state index < -0.39 is 0 Å². The zero-order valence-corrected chi connectivity index (χ0v) is 16.0. The Balaban J connectivity index is 1.59. The van der Waals surface area contributed by atoms with Crippen LogP contribution >= 0.6 is 0 Å². The SMILES string of the molecule is COc1ccc(CC(C)NCC(c2ccco2)N2CCCC2)cc1OC. The highest BCUT2D eigenvalue weighted by molar-refractivity contribution is 5.43. The molecule has 1 aromatic carbocycles. The molecule has 1 saturated heterocycles. The molecule has 0 amide bonds. The molecule has 1 aromatic heterocycles. The van der Waals surface area contributed by atoms with Crippen LogP contribution in [0.15, 0.2) is 41.0 Å². The largest absolute Gasteiger partial charge is 0.493 e. The van der Waals surface area contributed by atoms with E-state index in [1.807, 2.05) is 12.1 Å². The number of hydrogen-bond donors (Lipinski definition) is 1. The van der Waals surface area contributed by atoms with Crippen LogP contribution in [-0.4, -0.2) is 44.8 Å². The van der Waals surface area contributed by atoms with Crippen molar-refractivity contribution in [3.05, 3.63) is 47.9 Å². The van der Waals surface area contributed by atoms with E-state index in [9.17, 15) is 0 Å². The van der Waals surface area contributed by atoms with Gasteiger partial charge in [-0.25, -0.2) is 0 Å². The molecule has 0 bridgehead atoms. The molecule has 2 heterocycles. The second kappa shape index (κ2) is 9.10. The van der Waals surface area contributed by atoms with E-state index >= 15 is 0 Å². The Labute approximate surface area is 156 Å². The third-order valence-corrected chi connectivity index (χ3v) is 5.10. The van der Waals surface area contributed by atoms with Crippen molar-refractivity contribution in [2.45, 2.75) is 38.3 Å². The number of ether oxygens (including phenoxy) is 2. The smallest absolute Gasteiger partial charge is 0.160 e. The van der Waals surface area contributed by atoms with Crippen LogP contribution in [0.1, 0.15) is 37.1 Å². The number of hydrogen-bond acceptors (Lipinski definition) is 5. The van der Waals surface area contributed by atoms with Crippen molar-refractivity contribution < 1.29 is 13.9 Å². The summed E-state index contributed by atoms with van der Waals surface area (Å²) in [5.41, 5.74) is 1.23. The molecule has 1 N–H and O–H groups in total. The van der Waals surface area contributed by atoms with Gasteiger partial charge in [0.1, 0.15) is 5.76 Å². The Morgan fingerprint density at radius 2 is 1.88 bits per heavy atom. The van der Waals surface area contributed by atoms with Crippen LogP contribution in [0, 0.1) is 0 Å². The maximum absolute atomic E-state index is 5.70. The summed E-state index contributed by atoms with van der Waals surface area (Å²) in [6, 6.07) is 10.9. The first-order valence-electron chi connectivity index (χ1n) is 9.43. The molecule has 1 fully saturated rings. The summed E-state index contributed by atoms with van der Waals surface area (Å²) in [5, 5.41) is 3.69. The highest BCUT2D eigenvalue weighted by atomic mass is 16.5. The topological polar surface area (TPSA) is 46.9 Å². The number of methoxy groups -OCH3 is 2. The summed E-state index contributed by atoms with van der Waals surface area (Å²) in [7, 11) is 3.34. The maximum Gasteiger partial charge on any atom is 0.160 e. The molecule has 2 unspecified atom stereocenters. The van der Waals surface area contributed by atoms with Crippen LogP contribution in [-0.2, 0) is 6.42 Å². The van der Waals surface area contributed by atoms with Crippen LogP contribution in [0.5, 0.6) is 11.5 Å². The summed E-state index contributed by atoms with van der Waals surface area (Å²) in [4.78, 5) is 2.52. The van der Waals surface area contributed by atoms with E-state index in [2.05, 4.69) is 35.3 Å². The molecule has 2 aromatic rings. The quantitative estimate of drug-likeness (QED) is 0.741. The predicted octanol–water partition coefficient (Wildman–Crippen LogP) is 3.65. The zero-order chi connectivity index (χ0) is 18.4. The first kappa shape index (κ1) is 18.8. The minimum absolute atomic E-state index is 0.306. The van der Waals surface area contributed by atoms with E-state index in [0.29, 0.717) is 12.1 Å². The van der Waals surface area contributed by atoms with Crippen molar-refractivity contribution in [3.63, 3.8) is 0 Å². The van der Waals surface area contributed by atoms with Gasteiger partial charge in [0, 0.05) is 12.6 Å². The predicted molar refractivity (Wildman–Crippen MR) is 103 cm³/mol. The van der Waals surface area contributed by atoms with Gasteiger partial charge in [-0.1, -0.05) is 6.07 Å². The molecule has 2 atom stereocenters. The normalized spacial score (nSPS) is 17.2. The van der Waals surface area contributed by atoms with Gasteiger partial charge >= 0.3 is 0 Å². The molecule has 3 rings (SSSR count). The third kappa shape index (κ3) is 4.59. The Morgan fingerprint density at radius 1 is 1.12 bits per heavy atom. The third-order valence-electron chi connectivity index (χ3n) is 5.10. The molecule has 1 aliphatic rings. The Morgan fingerprint density at radius 3 is 2.54 bits per heavy atom. The molecular weight excluding hydrogens is 328 g/mol. The van der Waals surface area contributed by atoms with Crippen LogP contribution in [0.3, 0.4) is 0 Å². The highest BCUT2D eigenvalue weighted by Gasteiger charge is 2.25. The van der Waals surface area contributed by atoms with Crippen LogP contribution < -0.4 is 14.8 Å². The number of furan rings is 1. The standard InChI is InChI=1S/C21H30N2O3/c1-16(13-17-8-9-20(24-2)21(14-17)25-3)22-15-18(19-7-6-12-26-19)23-10-4-5-11-23/h6-9,12,14,16,18,22H,4-5,10-11,13,15H2,1-3H3. The lowest BCUT2D eigenvalue weighted by Gasteiger charge is -2.27. The van der Waals surface area contributed by atoms with Crippen molar-refractivity contribution in [2.75, 3.05) is 33.9 Å². The summed E-state index contributed by atoms with van der Waals surface area (Å²) < 4.78 is 16.4. The van der Waals surface area contributed by atoms with Crippen molar-refractivity contribution >= 4 is 0 Å². The van der Waals surface area contributed by atoms with E-state index in [0.717, 1.165) is 43.3 Å². The van der Waals surface area contributed by atoms with Gasteiger partial charge in [-0.2, -0.15) is 0 Å². The number of likely N-dealkylation sites (tertiary alicyclic amines) is 1. The number of nitrogens with one attached hydrogen (secondary N) is 1. The van der Waals surface area contributed by atoms with Gasteiger partial charge in [0.05, 0.1) is 26.5 Å². The lowest BCUT2D eigenvalue weighted by Crippen LogP contribution is -2.38. The van der Waals surface area contributed by atoms with Gasteiger partial charge in [-0.3, -0.25) is 4.90 Å². The van der Waals surface area contributed by atoms with Crippen LogP contribution in [0.25, 0.3) is 0 Å². The minimum atomic E-state index is 0.306. The summed E-state index contributed by atoms with van der Waals surface area (Å²) in [5.74, 6) is 2.60. The molecule has 26 heavy (non-hydrogen) atoms. The van der Waals surface area contributed by atoms with Gasteiger partial charge in [0.15, 0.2) is 11.5 Å². The molecule has 1 aliphatic heterocycles.